The first-order chi connectivity index (χ1) is 15.1. The Hall–Kier alpha value is -2.42. The first-order valence-corrected chi connectivity index (χ1v) is 12.0. The summed E-state index contributed by atoms with van der Waals surface area (Å²) >= 11 is 0. The number of methoxy groups -OCH3 is 1. The van der Waals surface area contributed by atoms with Crippen molar-refractivity contribution in [2.24, 2.45) is 5.41 Å². The van der Waals surface area contributed by atoms with E-state index in [2.05, 4.69) is 12.1 Å². The van der Waals surface area contributed by atoms with Crippen LogP contribution in [0.4, 0.5) is 0 Å². The summed E-state index contributed by atoms with van der Waals surface area (Å²) in [6.45, 7) is 0. The molecule has 1 atom stereocenters. The van der Waals surface area contributed by atoms with Gasteiger partial charge < -0.3 is 4.74 Å². The highest BCUT2D eigenvalue weighted by Gasteiger charge is 2.45. The maximum Gasteiger partial charge on any atom is 0.338 e. The fourth-order valence-corrected chi connectivity index (χ4v) is 7.21. The van der Waals surface area contributed by atoms with Crippen LogP contribution in [0.15, 0.2) is 12.1 Å². The van der Waals surface area contributed by atoms with Gasteiger partial charge in [-0.3, -0.25) is 4.79 Å². The maximum absolute atomic E-state index is 12.9. The van der Waals surface area contributed by atoms with E-state index >= 15 is 0 Å². The van der Waals surface area contributed by atoms with Crippen LogP contribution >= 0.6 is 0 Å². The Bertz CT molecular complexity index is 1130. The highest BCUT2D eigenvalue weighted by molar-refractivity contribution is 5.94. The molecule has 2 aromatic rings. The Morgan fingerprint density at radius 1 is 0.774 bits per heavy atom. The summed E-state index contributed by atoms with van der Waals surface area (Å²) < 4.78 is 5.26. The number of carbonyl (C=O) groups excluding carboxylic acids is 2. The molecule has 1 spiro atoms. The number of fused-ring (bicyclic) bond motifs is 4. The molecule has 0 fully saturated rings. The van der Waals surface area contributed by atoms with Crippen molar-refractivity contribution >= 4 is 12.3 Å². The quantitative estimate of drug-likeness (QED) is 0.517. The van der Waals surface area contributed by atoms with E-state index in [9.17, 15) is 9.59 Å². The molecular weight excluding hydrogens is 384 g/mol. The molecule has 2 aromatic carbocycles. The lowest BCUT2D eigenvalue weighted by atomic mass is 9.81. The van der Waals surface area contributed by atoms with Crippen LogP contribution in [-0.4, -0.2) is 19.4 Å². The first-order valence-electron chi connectivity index (χ1n) is 12.0. The van der Waals surface area contributed by atoms with Gasteiger partial charge >= 0.3 is 5.97 Å². The van der Waals surface area contributed by atoms with Crippen molar-refractivity contribution < 1.29 is 14.3 Å². The van der Waals surface area contributed by atoms with E-state index in [0.29, 0.717) is 0 Å². The Morgan fingerprint density at radius 2 is 1.35 bits per heavy atom. The third kappa shape index (κ3) is 2.85. The summed E-state index contributed by atoms with van der Waals surface area (Å²) in [4.78, 5) is 25.0. The predicted molar refractivity (Wildman–Crippen MR) is 120 cm³/mol. The summed E-state index contributed by atoms with van der Waals surface area (Å²) in [6, 6.07) is 4.82. The van der Waals surface area contributed by atoms with Gasteiger partial charge in [-0.25, -0.2) is 4.79 Å². The van der Waals surface area contributed by atoms with Crippen LogP contribution in [0.1, 0.15) is 90.9 Å². The van der Waals surface area contributed by atoms with Crippen LogP contribution < -0.4 is 0 Å². The average molecular weight is 415 g/mol. The van der Waals surface area contributed by atoms with E-state index in [4.69, 9.17) is 4.74 Å². The zero-order chi connectivity index (χ0) is 21.2. The van der Waals surface area contributed by atoms with E-state index in [1.54, 1.807) is 0 Å². The molecule has 4 aliphatic rings. The number of aldehydes is 1. The molecule has 0 bridgehead atoms. The first kappa shape index (κ1) is 19.3. The highest BCUT2D eigenvalue weighted by Crippen LogP contribution is 2.51. The van der Waals surface area contributed by atoms with Gasteiger partial charge in [-0.15, -0.1) is 0 Å². The van der Waals surface area contributed by atoms with Crippen molar-refractivity contribution in [3.8, 4) is 0 Å². The van der Waals surface area contributed by atoms with Gasteiger partial charge in [0.25, 0.3) is 0 Å². The predicted octanol–water partition coefficient (Wildman–Crippen LogP) is 4.93. The van der Waals surface area contributed by atoms with Gasteiger partial charge in [-0.1, -0.05) is 12.1 Å². The van der Waals surface area contributed by atoms with Gasteiger partial charge in [0, 0.05) is 5.56 Å². The van der Waals surface area contributed by atoms with Crippen LogP contribution in [-0.2, 0) is 56.1 Å². The topological polar surface area (TPSA) is 43.4 Å². The summed E-state index contributed by atoms with van der Waals surface area (Å²) in [5.41, 5.74) is 12.6. The molecule has 3 heteroatoms. The molecule has 0 N–H and O–H groups in total. The Kier molecular flexibility index (Phi) is 4.38. The molecule has 0 amide bonds. The van der Waals surface area contributed by atoms with Gasteiger partial charge in [0.15, 0.2) is 6.29 Å². The van der Waals surface area contributed by atoms with Crippen LogP contribution in [0, 0.1) is 5.41 Å². The molecule has 4 aliphatic carbocycles. The third-order valence-electron chi connectivity index (χ3n) is 8.49. The number of rotatable bonds is 2. The molecule has 0 heterocycles. The van der Waals surface area contributed by atoms with Crippen molar-refractivity contribution in [3.63, 3.8) is 0 Å². The van der Waals surface area contributed by atoms with Gasteiger partial charge in [-0.05, 0) is 127 Å². The van der Waals surface area contributed by atoms with E-state index in [-0.39, 0.29) is 11.4 Å². The standard InChI is InChI=1S/C28H30O3/c1-31-27(30)26-22-9-5-3-7-18(22)11-20-13-28(15-24(20)26)12-19-10-17-6-2-4-8-21(17)25(16-29)23(19)14-28/h10-11,16H,2-9,12-15H2,1H3. The summed E-state index contributed by atoms with van der Waals surface area (Å²) in [6.07, 6.45) is 14.0. The highest BCUT2D eigenvalue weighted by atomic mass is 16.5. The van der Waals surface area contributed by atoms with E-state index in [1.165, 1.54) is 70.9 Å². The molecule has 0 saturated heterocycles. The minimum absolute atomic E-state index is 0.110. The second-order valence-electron chi connectivity index (χ2n) is 10.3. The summed E-state index contributed by atoms with van der Waals surface area (Å²) in [5, 5.41) is 0. The molecule has 0 aliphatic heterocycles. The van der Waals surface area contributed by atoms with E-state index in [0.717, 1.165) is 75.2 Å². The van der Waals surface area contributed by atoms with Crippen molar-refractivity contribution in [2.45, 2.75) is 77.0 Å². The maximum atomic E-state index is 12.9. The number of esters is 1. The molecule has 31 heavy (non-hydrogen) atoms. The molecule has 6 rings (SSSR count). The van der Waals surface area contributed by atoms with Crippen molar-refractivity contribution in [1.29, 1.82) is 0 Å². The second-order valence-corrected chi connectivity index (χ2v) is 10.3. The number of hydrogen-bond donors (Lipinski definition) is 0. The van der Waals surface area contributed by atoms with Crippen LogP contribution in [0.25, 0.3) is 0 Å². The zero-order valence-corrected chi connectivity index (χ0v) is 18.4. The fourth-order valence-electron chi connectivity index (χ4n) is 7.21. The minimum atomic E-state index is -0.161. The monoisotopic (exact) mass is 414 g/mol. The Balaban J connectivity index is 1.43. The van der Waals surface area contributed by atoms with Gasteiger partial charge in [0.05, 0.1) is 12.7 Å². The molecule has 1 unspecified atom stereocenters. The van der Waals surface area contributed by atoms with Crippen molar-refractivity contribution in [3.05, 3.63) is 67.8 Å². The zero-order valence-electron chi connectivity index (χ0n) is 18.4. The number of benzene rings is 2. The molecule has 160 valence electrons. The average Bonchev–Trinajstić information content (AvgIpc) is 3.32. The summed E-state index contributed by atoms with van der Waals surface area (Å²) in [7, 11) is 1.51. The van der Waals surface area contributed by atoms with Crippen LogP contribution in [0.2, 0.25) is 0 Å². The lowest BCUT2D eigenvalue weighted by molar-refractivity contribution is 0.0597. The lowest BCUT2D eigenvalue weighted by Crippen LogP contribution is -2.22. The van der Waals surface area contributed by atoms with Crippen LogP contribution in [0.5, 0.6) is 0 Å². The van der Waals surface area contributed by atoms with Crippen molar-refractivity contribution in [1.82, 2.24) is 0 Å². The Labute approximate surface area is 184 Å². The number of aryl methyl sites for hydroxylation is 2. The van der Waals surface area contributed by atoms with Crippen LogP contribution in [0.3, 0.4) is 0 Å². The Morgan fingerprint density at radius 3 is 2.03 bits per heavy atom. The number of ether oxygens (including phenoxy) is 1. The number of hydrogen-bond acceptors (Lipinski definition) is 3. The molecule has 0 radical (unpaired) electrons. The largest absolute Gasteiger partial charge is 0.465 e. The van der Waals surface area contributed by atoms with E-state index in [1.807, 2.05) is 0 Å². The second kappa shape index (κ2) is 7.05. The van der Waals surface area contributed by atoms with Crippen molar-refractivity contribution in [2.75, 3.05) is 7.11 Å². The molecule has 3 nitrogen and oxygen atoms in total. The molecule has 0 saturated carbocycles. The molecular formula is C28H30O3. The number of carbonyl (C=O) groups is 2. The van der Waals surface area contributed by atoms with Gasteiger partial charge in [0.2, 0.25) is 0 Å². The third-order valence-corrected chi connectivity index (χ3v) is 8.49. The smallest absolute Gasteiger partial charge is 0.338 e. The van der Waals surface area contributed by atoms with Gasteiger partial charge in [0.1, 0.15) is 0 Å². The minimum Gasteiger partial charge on any atom is -0.465 e. The normalized spacial score (nSPS) is 23.1. The fraction of sp³-hybridized carbons (Fsp3) is 0.500. The van der Waals surface area contributed by atoms with E-state index < -0.39 is 0 Å². The summed E-state index contributed by atoms with van der Waals surface area (Å²) in [5.74, 6) is -0.161. The van der Waals surface area contributed by atoms with Gasteiger partial charge in [-0.2, -0.15) is 0 Å². The SMILES string of the molecule is COC(=O)c1c2c(cc3c1CC1(Cc4cc5c(c(C=O)c4C1)CCCC5)C3)CCCC2. The lowest BCUT2D eigenvalue weighted by Gasteiger charge is -2.23. The molecule has 0 aromatic heterocycles.